The first-order valence-electron chi connectivity index (χ1n) is 10.2. The molecule has 5 rings (SSSR count). The van der Waals surface area contributed by atoms with Crippen LogP contribution in [0.3, 0.4) is 0 Å². The summed E-state index contributed by atoms with van der Waals surface area (Å²) in [7, 11) is 0. The van der Waals surface area contributed by atoms with E-state index in [1.54, 1.807) is 16.9 Å². The van der Waals surface area contributed by atoms with Gasteiger partial charge in [0.05, 0.1) is 5.69 Å². The lowest BCUT2D eigenvalue weighted by molar-refractivity contribution is 0.102. The molecular formula is C25H20N6O. The van der Waals surface area contributed by atoms with Crippen molar-refractivity contribution in [3.05, 3.63) is 95.8 Å². The van der Waals surface area contributed by atoms with Crippen LogP contribution in [0.1, 0.15) is 21.5 Å². The van der Waals surface area contributed by atoms with Gasteiger partial charge in [-0.25, -0.2) is 0 Å². The van der Waals surface area contributed by atoms with Crippen molar-refractivity contribution in [1.82, 2.24) is 24.8 Å². The van der Waals surface area contributed by atoms with E-state index in [4.69, 9.17) is 5.10 Å². The summed E-state index contributed by atoms with van der Waals surface area (Å²) in [6.45, 7) is 3.97. The van der Waals surface area contributed by atoms with Crippen molar-refractivity contribution < 1.29 is 4.79 Å². The minimum absolute atomic E-state index is 0.142. The van der Waals surface area contributed by atoms with Gasteiger partial charge in [-0.3, -0.25) is 9.78 Å². The largest absolute Gasteiger partial charge is 0.322 e. The number of benzene rings is 2. The van der Waals surface area contributed by atoms with Crippen LogP contribution in [0.4, 0.5) is 5.69 Å². The zero-order valence-electron chi connectivity index (χ0n) is 17.6. The lowest BCUT2D eigenvalue weighted by atomic mass is 10.1. The van der Waals surface area contributed by atoms with Crippen LogP contribution >= 0.6 is 0 Å². The number of nitrogens with one attached hydrogen (secondary N) is 1. The molecule has 3 aromatic heterocycles. The number of hydrogen-bond acceptors (Lipinski definition) is 5. The van der Waals surface area contributed by atoms with E-state index in [1.807, 2.05) is 80.6 Å². The van der Waals surface area contributed by atoms with Crippen LogP contribution in [0.25, 0.3) is 28.3 Å². The first-order chi connectivity index (χ1) is 15.6. The molecule has 0 spiro atoms. The number of carbonyl (C=O) groups is 1. The molecule has 0 saturated carbocycles. The first-order valence-corrected chi connectivity index (χ1v) is 10.2. The predicted molar refractivity (Wildman–Crippen MR) is 123 cm³/mol. The van der Waals surface area contributed by atoms with Gasteiger partial charge in [0, 0.05) is 34.8 Å². The number of pyridine rings is 1. The van der Waals surface area contributed by atoms with Gasteiger partial charge in [0.1, 0.15) is 0 Å². The van der Waals surface area contributed by atoms with Gasteiger partial charge < -0.3 is 5.32 Å². The number of carbonyl (C=O) groups excluding carboxylic acids is 1. The summed E-state index contributed by atoms with van der Waals surface area (Å²) in [6, 6.07) is 20.9. The second-order valence-electron chi connectivity index (χ2n) is 7.66. The maximum Gasteiger partial charge on any atom is 0.255 e. The maximum atomic E-state index is 12.8. The van der Waals surface area contributed by atoms with E-state index in [9.17, 15) is 4.79 Å². The SMILES string of the molecule is Cc1cc(C)cc(C(=O)Nc2cccc(-c3ccc4nnc(-c5ccncc5)n4n3)c2)c1. The molecule has 0 bridgehead atoms. The van der Waals surface area contributed by atoms with E-state index >= 15 is 0 Å². The molecule has 0 unspecified atom stereocenters. The fourth-order valence-electron chi connectivity index (χ4n) is 3.69. The van der Waals surface area contributed by atoms with Crippen LogP contribution in [0.5, 0.6) is 0 Å². The molecular weight excluding hydrogens is 400 g/mol. The van der Waals surface area contributed by atoms with E-state index < -0.39 is 0 Å². The van der Waals surface area contributed by atoms with Gasteiger partial charge in [-0.1, -0.05) is 29.3 Å². The van der Waals surface area contributed by atoms with E-state index in [1.165, 1.54) is 0 Å². The highest BCUT2D eigenvalue weighted by molar-refractivity contribution is 6.04. The Balaban J connectivity index is 1.47. The lowest BCUT2D eigenvalue weighted by Crippen LogP contribution is -2.12. The Morgan fingerprint density at radius 2 is 1.62 bits per heavy atom. The van der Waals surface area contributed by atoms with Crippen molar-refractivity contribution >= 4 is 17.2 Å². The van der Waals surface area contributed by atoms with Gasteiger partial charge in [0.15, 0.2) is 11.5 Å². The molecule has 1 N–H and O–H groups in total. The third kappa shape index (κ3) is 3.83. The highest BCUT2D eigenvalue weighted by Crippen LogP contribution is 2.24. The van der Waals surface area contributed by atoms with Crippen LogP contribution < -0.4 is 5.32 Å². The second-order valence-corrected chi connectivity index (χ2v) is 7.66. The van der Waals surface area contributed by atoms with Gasteiger partial charge in [-0.15, -0.1) is 10.2 Å². The fourth-order valence-corrected chi connectivity index (χ4v) is 3.69. The minimum atomic E-state index is -0.142. The zero-order chi connectivity index (χ0) is 22.1. The van der Waals surface area contributed by atoms with Crippen molar-refractivity contribution in [2.24, 2.45) is 0 Å². The summed E-state index contributed by atoms with van der Waals surface area (Å²) in [5.41, 5.74) is 6.60. The third-order valence-corrected chi connectivity index (χ3v) is 5.10. The highest BCUT2D eigenvalue weighted by atomic mass is 16.1. The molecule has 0 saturated heterocycles. The van der Waals surface area contributed by atoms with E-state index in [-0.39, 0.29) is 5.91 Å². The molecule has 0 aliphatic carbocycles. The van der Waals surface area contributed by atoms with Crippen molar-refractivity contribution in [2.45, 2.75) is 13.8 Å². The van der Waals surface area contributed by atoms with E-state index in [0.29, 0.717) is 22.7 Å². The van der Waals surface area contributed by atoms with Crippen LogP contribution in [-0.4, -0.2) is 30.7 Å². The summed E-state index contributed by atoms with van der Waals surface area (Å²) >= 11 is 0. The molecule has 5 aromatic rings. The monoisotopic (exact) mass is 420 g/mol. The average molecular weight is 420 g/mol. The summed E-state index contributed by atoms with van der Waals surface area (Å²) in [6.07, 6.45) is 3.42. The van der Waals surface area contributed by atoms with Crippen LogP contribution in [0.2, 0.25) is 0 Å². The molecule has 156 valence electrons. The maximum absolute atomic E-state index is 12.8. The Hall–Kier alpha value is -4.39. The predicted octanol–water partition coefficient (Wildman–Crippen LogP) is 4.72. The van der Waals surface area contributed by atoms with Crippen molar-refractivity contribution in [1.29, 1.82) is 0 Å². The number of rotatable bonds is 4. The number of anilines is 1. The Labute approximate surface area is 184 Å². The summed E-state index contributed by atoms with van der Waals surface area (Å²) in [5.74, 6) is 0.500. The Kier molecular flexibility index (Phi) is 4.91. The molecule has 0 atom stereocenters. The number of aryl methyl sites for hydroxylation is 2. The topological polar surface area (TPSA) is 85.1 Å². The molecule has 0 radical (unpaired) electrons. The lowest BCUT2D eigenvalue weighted by Gasteiger charge is -2.09. The molecule has 7 nitrogen and oxygen atoms in total. The molecule has 0 fully saturated rings. The molecule has 3 heterocycles. The van der Waals surface area contributed by atoms with E-state index in [0.717, 1.165) is 27.9 Å². The van der Waals surface area contributed by atoms with Gasteiger partial charge >= 0.3 is 0 Å². The number of nitrogens with zero attached hydrogens (tertiary/aromatic N) is 5. The summed E-state index contributed by atoms with van der Waals surface area (Å²) in [5, 5.41) is 16.2. The minimum Gasteiger partial charge on any atom is -0.322 e. The highest BCUT2D eigenvalue weighted by Gasteiger charge is 2.12. The van der Waals surface area contributed by atoms with Crippen molar-refractivity contribution in [3.8, 4) is 22.6 Å². The van der Waals surface area contributed by atoms with Gasteiger partial charge in [0.2, 0.25) is 0 Å². The Morgan fingerprint density at radius 3 is 2.41 bits per heavy atom. The quantitative estimate of drug-likeness (QED) is 0.455. The second kappa shape index (κ2) is 8.03. The Morgan fingerprint density at radius 1 is 0.844 bits per heavy atom. The van der Waals surface area contributed by atoms with Crippen molar-refractivity contribution in [2.75, 3.05) is 5.32 Å². The average Bonchev–Trinajstić information content (AvgIpc) is 3.22. The van der Waals surface area contributed by atoms with Gasteiger partial charge in [-0.05, 0) is 62.4 Å². The van der Waals surface area contributed by atoms with Crippen molar-refractivity contribution in [3.63, 3.8) is 0 Å². The normalized spacial score (nSPS) is 10.9. The van der Waals surface area contributed by atoms with Gasteiger partial charge in [-0.2, -0.15) is 9.61 Å². The van der Waals surface area contributed by atoms with Crippen LogP contribution in [0.15, 0.2) is 79.1 Å². The number of hydrogen-bond donors (Lipinski definition) is 1. The molecule has 0 aliphatic heterocycles. The van der Waals surface area contributed by atoms with E-state index in [2.05, 4.69) is 20.5 Å². The summed E-state index contributed by atoms with van der Waals surface area (Å²) in [4.78, 5) is 16.8. The molecule has 32 heavy (non-hydrogen) atoms. The van der Waals surface area contributed by atoms with Crippen LogP contribution in [-0.2, 0) is 0 Å². The first kappa shape index (κ1) is 19.6. The standard InChI is InChI=1S/C25H20N6O/c1-16-12-17(2)14-20(13-16)25(32)27-21-5-3-4-19(15-21)22-6-7-23-28-29-24(31(23)30-22)18-8-10-26-11-9-18/h3-15H,1-2H3,(H,27,32). The number of fused-ring (bicyclic) bond motifs is 1. The Bertz CT molecular complexity index is 1420. The zero-order valence-corrected chi connectivity index (χ0v) is 17.6. The number of amides is 1. The molecule has 1 amide bonds. The molecule has 7 heteroatoms. The smallest absolute Gasteiger partial charge is 0.255 e. The number of aromatic nitrogens is 5. The fraction of sp³-hybridized carbons (Fsp3) is 0.0800. The van der Waals surface area contributed by atoms with Crippen LogP contribution in [0, 0.1) is 13.8 Å². The molecule has 2 aromatic carbocycles. The van der Waals surface area contributed by atoms with Gasteiger partial charge in [0.25, 0.3) is 5.91 Å². The summed E-state index contributed by atoms with van der Waals surface area (Å²) < 4.78 is 1.71. The third-order valence-electron chi connectivity index (χ3n) is 5.10. The molecule has 0 aliphatic rings.